The van der Waals surface area contributed by atoms with Crippen molar-refractivity contribution < 1.29 is 14.3 Å². The SMILES string of the molecule is O=C(COc1ccc(Cl)cc1Cl)N1CCC(Oc2ccncn2)CC1. The molecule has 1 saturated heterocycles. The highest BCUT2D eigenvalue weighted by molar-refractivity contribution is 6.35. The van der Waals surface area contributed by atoms with Crippen molar-refractivity contribution in [3.8, 4) is 11.6 Å². The van der Waals surface area contributed by atoms with Gasteiger partial charge in [-0.25, -0.2) is 9.97 Å². The fourth-order valence-corrected chi connectivity index (χ4v) is 3.03. The molecule has 1 amide bonds. The number of nitrogens with zero attached hydrogens (tertiary/aromatic N) is 3. The van der Waals surface area contributed by atoms with E-state index < -0.39 is 0 Å². The maximum Gasteiger partial charge on any atom is 0.260 e. The molecule has 0 bridgehead atoms. The van der Waals surface area contributed by atoms with Crippen molar-refractivity contribution in [2.45, 2.75) is 18.9 Å². The number of benzene rings is 1. The number of piperidine rings is 1. The van der Waals surface area contributed by atoms with Crippen molar-refractivity contribution in [3.05, 3.63) is 46.8 Å². The molecule has 0 unspecified atom stereocenters. The highest BCUT2D eigenvalue weighted by Gasteiger charge is 2.24. The Kier molecular flexibility index (Phi) is 5.94. The van der Waals surface area contributed by atoms with Crippen LogP contribution in [0.3, 0.4) is 0 Å². The predicted molar refractivity (Wildman–Crippen MR) is 94.2 cm³/mol. The van der Waals surface area contributed by atoms with Crippen LogP contribution >= 0.6 is 23.2 Å². The van der Waals surface area contributed by atoms with Gasteiger partial charge < -0.3 is 14.4 Å². The second kappa shape index (κ2) is 8.36. The van der Waals surface area contributed by atoms with Crippen LogP contribution in [0.5, 0.6) is 11.6 Å². The summed E-state index contributed by atoms with van der Waals surface area (Å²) in [5.74, 6) is 0.924. The van der Waals surface area contributed by atoms with Crippen LogP contribution in [0, 0.1) is 0 Å². The van der Waals surface area contributed by atoms with Gasteiger partial charge in [0.2, 0.25) is 5.88 Å². The summed E-state index contributed by atoms with van der Waals surface area (Å²) in [6, 6.07) is 6.63. The van der Waals surface area contributed by atoms with Gasteiger partial charge in [0.15, 0.2) is 6.61 Å². The first kappa shape index (κ1) is 17.8. The zero-order valence-electron chi connectivity index (χ0n) is 13.4. The standard InChI is InChI=1S/C17H17Cl2N3O3/c18-12-1-2-15(14(19)9-12)24-10-17(23)22-7-4-13(5-8-22)25-16-3-6-20-11-21-16/h1-3,6,9,11,13H,4-5,7-8,10H2. The van der Waals surface area contributed by atoms with Gasteiger partial charge in [-0.3, -0.25) is 4.79 Å². The molecule has 1 aliphatic rings. The lowest BCUT2D eigenvalue weighted by molar-refractivity contribution is -0.135. The summed E-state index contributed by atoms with van der Waals surface area (Å²) < 4.78 is 11.3. The third kappa shape index (κ3) is 4.96. The molecule has 1 aromatic heterocycles. The van der Waals surface area contributed by atoms with E-state index in [2.05, 4.69) is 9.97 Å². The molecule has 6 nitrogen and oxygen atoms in total. The van der Waals surface area contributed by atoms with E-state index in [4.69, 9.17) is 32.7 Å². The second-order valence-corrected chi connectivity index (χ2v) is 6.45. The molecule has 0 N–H and O–H groups in total. The number of carbonyl (C=O) groups excluding carboxylic acids is 1. The maximum atomic E-state index is 12.3. The minimum Gasteiger partial charge on any atom is -0.482 e. The Morgan fingerprint density at radius 2 is 2.04 bits per heavy atom. The van der Waals surface area contributed by atoms with Crippen LogP contribution in [0.15, 0.2) is 36.8 Å². The van der Waals surface area contributed by atoms with Crippen molar-refractivity contribution in [3.63, 3.8) is 0 Å². The average Bonchev–Trinajstić information content (AvgIpc) is 2.62. The third-order valence-electron chi connectivity index (χ3n) is 3.88. The van der Waals surface area contributed by atoms with Gasteiger partial charge in [-0.2, -0.15) is 0 Å². The Morgan fingerprint density at radius 3 is 2.72 bits per heavy atom. The van der Waals surface area contributed by atoms with Crippen molar-refractivity contribution in [1.82, 2.24) is 14.9 Å². The fraction of sp³-hybridized carbons (Fsp3) is 0.353. The van der Waals surface area contributed by atoms with Crippen LogP contribution in [-0.4, -0.2) is 46.6 Å². The molecule has 3 rings (SSSR count). The number of hydrogen-bond acceptors (Lipinski definition) is 5. The Labute approximate surface area is 155 Å². The van der Waals surface area contributed by atoms with Crippen LogP contribution in [-0.2, 0) is 4.79 Å². The minimum atomic E-state index is -0.0773. The van der Waals surface area contributed by atoms with E-state index in [1.54, 1.807) is 35.4 Å². The summed E-state index contributed by atoms with van der Waals surface area (Å²) in [5, 5.41) is 0.909. The molecule has 0 spiro atoms. The number of halogens is 2. The molecule has 0 saturated carbocycles. The van der Waals surface area contributed by atoms with Crippen molar-refractivity contribution in [2.24, 2.45) is 0 Å². The smallest absolute Gasteiger partial charge is 0.260 e. The molecule has 1 aromatic carbocycles. The third-order valence-corrected chi connectivity index (χ3v) is 4.41. The summed E-state index contributed by atoms with van der Waals surface area (Å²) in [6.45, 7) is 1.18. The summed E-state index contributed by atoms with van der Waals surface area (Å²) in [6.07, 6.45) is 4.63. The molecule has 1 fully saturated rings. The maximum absolute atomic E-state index is 12.3. The highest BCUT2D eigenvalue weighted by atomic mass is 35.5. The van der Waals surface area contributed by atoms with E-state index in [-0.39, 0.29) is 18.6 Å². The largest absolute Gasteiger partial charge is 0.482 e. The van der Waals surface area contributed by atoms with Gasteiger partial charge in [0.1, 0.15) is 18.2 Å². The molecule has 0 aliphatic carbocycles. The molecule has 132 valence electrons. The summed E-state index contributed by atoms with van der Waals surface area (Å²) in [5.41, 5.74) is 0. The number of aromatic nitrogens is 2. The van der Waals surface area contributed by atoms with Crippen LogP contribution in [0.2, 0.25) is 10.0 Å². The lowest BCUT2D eigenvalue weighted by Crippen LogP contribution is -2.43. The number of amides is 1. The quantitative estimate of drug-likeness (QED) is 0.795. The number of ether oxygens (including phenoxy) is 2. The Balaban J connectivity index is 1.45. The Morgan fingerprint density at radius 1 is 1.24 bits per heavy atom. The molecule has 8 heteroatoms. The van der Waals surface area contributed by atoms with Crippen LogP contribution in [0.4, 0.5) is 0 Å². The van der Waals surface area contributed by atoms with Gasteiger partial charge in [0.25, 0.3) is 5.91 Å². The Hall–Kier alpha value is -2.05. The van der Waals surface area contributed by atoms with Gasteiger partial charge in [0.05, 0.1) is 5.02 Å². The molecular weight excluding hydrogens is 365 g/mol. The molecule has 2 heterocycles. The zero-order valence-corrected chi connectivity index (χ0v) is 14.9. The van der Waals surface area contributed by atoms with E-state index in [9.17, 15) is 4.79 Å². The number of carbonyl (C=O) groups is 1. The van der Waals surface area contributed by atoms with Crippen LogP contribution < -0.4 is 9.47 Å². The summed E-state index contributed by atoms with van der Waals surface area (Å²) in [7, 11) is 0. The molecular formula is C17H17Cl2N3O3. The molecule has 2 aromatic rings. The normalized spacial score (nSPS) is 15.0. The molecule has 1 aliphatic heterocycles. The fourth-order valence-electron chi connectivity index (χ4n) is 2.57. The van der Waals surface area contributed by atoms with Crippen molar-refractivity contribution >= 4 is 29.1 Å². The van der Waals surface area contributed by atoms with Crippen LogP contribution in [0.1, 0.15) is 12.8 Å². The van der Waals surface area contributed by atoms with E-state index in [1.165, 1.54) is 6.33 Å². The first-order chi connectivity index (χ1) is 12.1. The summed E-state index contributed by atoms with van der Waals surface area (Å²) >= 11 is 11.9. The van der Waals surface area contributed by atoms with Gasteiger partial charge in [-0.05, 0) is 18.2 Å². The first-order valence-electron chi connectivity index (χ1n) is 7.90. The molecule has 0 radical (unpaired) electrons. The number of rotatable bonds is 5. The molecule has 0 atom stereocenters. The van der Waals surface area contributed by atoms with Crippen molar-refractivity contribution in [2.75, 3.05) is 19.7 Å². The number of likely N-dealkylation sites (tertiary alicyclic amines) is 1. The Bertz CT molecular complexity index is 722. The van der Waals surface area contributed by atoms with Gasteiger partial charge in [-0.1, -0.05) is 23.2 Å². The first-order valence-corrected chi connectivity index (χ1v) is 8.66. The molecule has 25 heavy (non-hydrogen) atoms. The van der Waals surface area contributed by atoms with Gasteiger partial charge in [-0.15, -0.1) is 0 Å². The highest BCUT2D eigenvalue weighted by Crippen LogP contribution is 2.27. The lowest BCUT2D eigenvalue weighted by atomic mass is 10.1. The number of hydrogen-bond donors (Lipinski definition) is 0. The second-order valence-electron chi connectivity index (χ2n) is 5.61. The monoisotopic (exact) mass is 381 g/mol. The average molecular weight is 382 g/mol. The van der Waals surface area contributed by atoms with E-state index in [0.717, 1.165) is 12.8 Å². The predicted octanol–water partition coefficient (Wildman–Crippen LogP) is 3.23. The van der Waals surface area contributed by atoms with Gasteiger partial charge in [0, 0.05) is 43.2 Å². The van der Waals surface area contributed by atoms with Crippen molar-refractivity contribution in [1.29, 1.82) is 0 Å². The minimum absolute atomic E-state index is 0.0468. The zero-order chi connectivity index (χ0) is 17.6. The van der Waals surface area contributed by atoms with E-state index >= 15 is 0 Å². The summed E-state index contributed by atoms with van der Waals surface area (Å²) in [4.78, 5) is 22.0. The van der Waals surface area contributed by atoms with Crippen LogP contribution in [0.25, 0.3) is 0 Å². The lowest BCUT2D eigenvalue weighted by Gasteiger charge is -2.31. The van der Waals surface area contributed by atoms with E-state index in [1.807, 2.05) is 0 Å². The topological polar surface area (TPSA) is 64.5 Å². The van der Waals surface area contributed by atoms with E-state index in [0.29, 0.717) is 34.8 Å². The van der Waals surface area contributed by atoms with Gasteiger partial charge >= 0.3 is 0 Å².